The lowest BCUT2D eigenvalue weighted by Gasteiger charge is -2.25. The van der Waals surface area contributed by atoms with Gasteiger partial charge in [0, 0.05) is 6.07 Å². The minimum Gasteiger partial charge on any atom is -0.468 e. The molecule has 0 fully saturated rings. The quantitative estimate of drug-likeness (QED) is 0.793. The first-order chi connectivity index (χ1) is 11.6. The molecule has 1 aliphatic rings. The van der Waals surface area contributed by atoms with Gasteiger partial charge < -0.3 is 29.1 Å². The topological polar surface area (TPSA) is 125 Å². The maximum Gasteiger partial charge on any atom is 0.340 e. The molecule has 0 unspecified atom stereocenters. The Morgan fingerprint density at radius 2 is 2.25 bits per heavy atom. The largest absolute Gasteiger partial charge is 0.468 e. The number of hydrogen-bond acceptors (Lipinski definition) is 8. The minimum absolute atomic E-state index is 0.0266. The number of furan rings is 1. The summed E-state index contributed by atoms with van der Waals surface area (Å²) < 4.78 is 21.2. The van der Waals surface area contributed by atoms with Crippen molar-refractivity contribution in [3.63, 3.8) is 0 Å². The first-order valence-corrected chi connectivity index (χ1v) is 7.22. The third-order valence-corrected chi connectivity index (χ3v) is 3.49. The van der Waals surface area contributed by atoms with Crippen LogP contribution in [0.1, 0.15) is 30.1 Å². The minimum atomic E-state index is -0.915. The van der Waals surface area contributed by atoms with E-state index in [9.17, 15) is 14.7 Å². The molecule has 0 saturated heterocycles. The van der Waals surface area contributed by atoms with E-state index in [1.807, 2.05) is 0 Å². The number of hydrogen-bond donors (Lipinski definition) is 2. The van der Waals surface area contributed by atoms with Gasteiger partial charge in [-0.15, -0.1) is 0 Å². The Labute approximate surface area is 136 Å². The third-order valence-electron chi connectivity index (χ3n) is 3.49. The van der Waals surface area contributed by atoms with Crippen molar-refractivity contribution in [3.05, 3.63) is 63.4 Å². The fourth-order valence-corrected chi connectivity index (χ4v) is 2.51. The highest BCUT2D eigenvalue weighted by atomic mass is 16.5. The Morgan fingerprint density at radius 3 is 2.88 bits per heavy atom. The van der Waals surface area contributed by atoms with E-state index in [1.165, 1.54) is 6.26 Å². The lowest BCUT2D eigenvalue weighted by Crippen LogP contribution is -2.30. The molecule has 8 heteroatoms. The second-order valence-corrected chi connectivity index (χ2v) is 4.98. The van der Waals surface area contributed by atoms with E-state index in [1.54, 1.807) is 19.1 Å². The van der Waals surface area contributed by atoms with Gasteiger partial charge in [-0.1, -0.05) is 0 Å². The van der Waals surface area contributed by atoms with Gasteiger partial charge in [-0.25, -0.2) is 4.79 Å². The zero-order valence-electron chi connectivity index (χ0n) is 12.8. The molecule has 0 bridgehead atoms. The van der Waals surface area contributed by atoms with Gasteiger partial charge in [-0.05, 0) is 19.1 Å². The van der Waals surface area contributed by atoms with Crippen molar-refractivity contribution in [3.8, 4) is 5.75 Å². The van der Waals surface area contributed by atoms with E-state index in [0.29, 0.717) is 5.76 Å². The number of aliphatic hydroxyl groups excluding tert-OH is 1. The Kier molecular flexibility index (Phi) is 4.13. The molecular formula is C16H15NO7. The van der Waals surface area contributed by atoms with Crippen LogP contribution in [-0.4, -0.2) is 17.7 Å². The van der Waals surface area contributed by atoms with E-state index in [4.69, 9.17) is 24.0 Å². The molecule has 0 saturated carbocycles. The average molecular weight is 333 g/mol. The molecule has 0 spiro atoms. The number of carbonyl (C=O) groups excluding carboxylic acids is 1. The van der Waals surface area contributed by atoms with Gasteiger partial charge in [0.1, 0.15) is 29.6 Å². The fraction of sp³-hybridized carbons (Fsp3) is 0.250. The van der Waals surface area contributed by atoms with Crippen molar-refractivity contribution in [2.75, 3.05) is 6.61 Å². The van der Waals surface area contributed by atoms with Crippen LogP contribution in [0.2, 0.25) is 0 Å². The molecule has 3 N–H and O–H groups in total. The number of ether oxygens (including phenoxy) is 2. The molecule has 0 aromatic carbocycles. The van der Waals surface area contributed by atoms with Crippen LogP contribution < -0.4 is 15.9 Å². The Balaban J connectivity index is 2.24. The molecule has 0 amide bonds. The lowest BCUT2D eigenvalue weighted by molar-refractivity contribution is -0.139. The van der Waals surface area contributed by atoms with Crippen LogP contribution >= 0.6 is 0 Å². The molecule has 2 aromatic rings. The first kappa shape index (κ1) is 15.9. The summed E-state index contributed by atoms with van der Waals surface area (Å²) in [7, 11) is 0. The van der Waals surface area contributed by atoms with Gasteiger partial charge in [0.2, 0.25) is 17.1 Å². The molecule has 1 atom stereocenters. The molecule has 3 heterocycles. The smallest absolute Gasteiger partial charge is 0.340 e. The molecule has 2 aromatic heterocycles. The SMILES string of the molecule is CCOC(=O)C1=C(N)Oc2c(oc(CO)cc2=O)[C@H]1c1ccco1. The summed E-state index contributed by atoms with van der Waals surface area (Å²) in [5.41, 5.74) is 5.29. The summed E-state index contributed by atoms with van der Waals surface area (Å²) in [6.07, 6.45) is 1.41. The number of nitrogens with two attached hydrogens (primary N) is 1. The van der Waals surface area contributed by atoms with Gasteiger partial charge in [0.25, 0.3) is 0 Å². The molecule has 24 heavy (non-hydrogen) atoms. The summed E-state index contributed by atoms with van der Waals surface area (Å²) in [6.45, 7) is 1.30. The van der Waals surface area contributed by atoms with Crippen molar-refractivity contribution in [2.24, 2.45) is 5.73 Å². The van der Waals surface area contributed by atoms with Gasteiger partial charge in [0.05, 0.1) is 12.9 Å². The van der Waals surface area contributed by atoms with Crippen LogP contribution in [0.3, 0.4) is 0 Å². The van der Waals surface area contributed by atoms with E-state index < -0.39 is 23.9 Å². The summed E-state index contributed by atoms with van der Waals surface area (Å²) in [6, 6.07) is 4.33. The fourth-order valence-electron chi connectivity index (χ4n) is 2.51. The zero-order valence-corrected chi connectivity index (χ0v) is 12.8. The summed E-state index contributed by atoms with van der Waals surface area (Å²) in [4.78, 5) is 24.5. The van der Waals surface area contributed by atoms with Crippen molar-refractivity contribution in [1.29, 1.82) is 0 Å². The zero-order chi connectivity index (χ0) is 17.3. The summed E-state index contributed by atoms with van der Waals surface area (Å²) in [5.74, 6) is -1.66. The molecule has 8 nitrogen and oxygen atoms in total. The second kappa shape index (κ2) is 6.25. The van der Waals surface area contributed by atoms with Gasteiger partial charge in [0.15, 0.2) is 5.76 Å². The van der Waals surface area contributed by atoms with E-state index in [2.05, 4.69) is 0 Å². The number of carbonyl (C=O) groups is 1. The summed E-state index contributed by atoms with van der Waals surface area (Å²) >= 11 is 0. The summed E-state index contributed by atoms with van der Waals surface area (Å²) in [5, 5.41) is 9.27. The first-order valence-electron chi connectivity index (χ1n) is 7.22. The number of esters is 1. The lowest BCUT2D eigenvalue weighted by atomic mass is 9.91. The predicted molar refractivity (Wildman–Crippen MR) is 79.9 cm³/mol. The third kappa shape index (κ3) is 2.56. The van der Waals surface area contributed by atoms with Gasteiger partial charge >= 0.3 is 5.97 Å². The number of rotatable bonds is 4. The second-order valence-electron chi connectivity index (χ2n) is 4.98. The Morgan fingerprint density at radius 1 is 1.46 bits per heavy atom. The molecule has 0 radical (unpaired) electrons. The normalized spacial score (nSPS) is 16.5. The average Bonchev–Trinajstić information content (AvgIpc) is 3.08. The van der Waals surface area contributed by atoms with Gasteiger partial charge in [-0.3, -0.25) is 4.79 Å². The Bertz CT molecular complexity index is 848. The molecule has 126 valence electrons. The molecule has 3 rings (SSSR count). The van der Waals surface area contributed by atoms with Crippen LogP contribution in [0.15, 0.2) is 49.5 Å². The highest BCUT2D eigenvalue weighted by Gasteiger charge is 2.40. The van der Waals surface area contributed by atoms with E-state index in [0.717, 1.165) is 6.07 Å². The molecule has 0 aliphatic carbocycles. The van der Waals surface area contributed by atoms with Crippen LogP contribution in [0.4, 0.5) is 0 Å². The van der Waals surface area contributed by atoms with Crippen LogP contribution in [0.25, 0.3) is 0 Å². The highest BCUT2D eigenvalue weighted by Crippen LogP contribution is 2.41. The maximum absolute atomic E-state index is 12.3. The van der Waals surface area contributed by atoms with Crippen molar-refractivity contribution < 1.29 is 28.2 Å². The monoisotopic (exact) mass is 333 g/mol. The van der Waals surface area contributed by atoms with E-state index >= 15 is 0 Å². The highest BCUT2D eigenvalue weighted by molar-refractivity contribution is 5.92. The van der Waals surface area contributed by atoms with Crippen LogP contribution in [0.5, 0.6) is 5.75 Å². The van der Waals surface area contributed by atoms with Gasteiger partial charge in [-0.2, -0.15) is 0 Å². The molecule has 1 aliphatic heterocycles. The Hall–Kier alpha value is -3.00. The van der Waals surface area contributed by atoms with Crippen molar-refractivity contribution in [1.82, 2.24) is 0 Å². The standard InChI is InChI=1S/C16H15NO7/c1-2-21-16(20)12-11(10-4-3-5-22-10)14-13(24-15(12)17)9(19)6-8(7-18)23-14/h3-6,11,18H,2,7,17H2,1H3/t11-/m0/s1. The maximum atomic E-state index is 12.3. The van der Waals surface area contributed by atoms with Crippen molar-refractivity contribution >= 4 is 5.97 Å². The number of fused-ring (bicyclic) bond motifs is 1. The van der Waals surface area contributed by atoms with Crippen LogP contribution in [-0.2, 0) is 16.1 Å². The predicted octanol–water partition coefficient (Wildman–Crippen LogP) is 0.983. The van der Waals surface area contributed by atoms with Crippen LogP contribution in [0, 0.1) is 0 Å². The van der Waals surface area contributed by atoms with E-state index in [-0.39, 0.29) is 35.3 Å². The number of aliphatic hydroxyl groups is 1. The molecular weight excluding hydrogens is 318 g/mol. The van der Waals surface area contributed by atoms with Crippen molar-refractivity contribution in [2.45, 2.75) is 19.4 Å².